The number of anilines is 1. The van der Waals surface area contributed by atoms with Gasteiger partial charge < -0.3 is 11.1 Å². The molecule has 3 nitrogen and oxygen atoms in total. The molecule has 0 atom stereocenters. The summed E-state index contributed by atoms with van der Waals surface area (Å²) in [7, 11) is 0. The highest BCUT2D eigenvalue weighted by Gasteiger charge is 2.19. The Morgan fingerprint density at radius 1 is 1.35 bits per heavy atom. The van der Waals surface area contributed by atoms with E-state index in [1.165, 1.54) is 0 Å². The maximum Gasteiger partial charge on any atom is 0.226 e. The van der Waals surface area contributed by atoms with Gasteiger partial charge in [-0.25, -0.2) is 13.2 Å². The van der Waals surface area contributed by atoms with Crippen molar-refractivity contribution in [3.8, 4) is 0 Å². The molecule has 6 heteroatoms. The minimum atomic E-state index is -1.35. The van der Waals surface area contributed by atoms with Crippen molar-refractivity contribution < 1.29 is 18.0 Å². The first-order valence-corrected chi connectivity index (χ1v) is 4.92. The van der Waals surface area contributed by atoms with Crippen LogP contribution < -0.4 is 11.1 Å². The van der Waals surface area contributed by atoms with Crippen LogP contribution in [0.2, 0.25) is 0 Å². The standard InChI is InChI=1S/C11H13F3N2O/c1-11(2,15)5-9(17)16-8-4-6(12)3-7(13)10(8)14/h3-4H,5,15H2,1-2H3,(H,16,17). The van der Waals surface area contributed by atoms with Crippen LogP contribution in [0.25, 0.3) is 0 Å². The molecular weight excluding hydrogens is 233 g/mol. The molecule has 0 saturated carbocycles. The maximum absolute atomic E-state index is 13.2. The van der Waals surface area contributed by atoms with E-state index in [1.54, 1.807) is 13.8 Å². The van der Waals surface area contributed by atoms with Crippen LogP contribution >= 0.6 is 0 Å². The van der Waals surface area contributed by atoms with Crippen molar-refractivity contribution in [2.75, 3.05) is 5.32 Å². The Bertz CT molecular complexity index is 441. The Morgan fingerprint density at radius 2 is 1.94 bits per heavy atom. The summed E-state index contributed by atoms with van der Waals surface area (Å²) in [5.74, 6) is -4.23. The van der Waals surface area contributed by atoms with Gasteiger partial charge in [0.1, 0.15) is 5.82 Å². The maximum atomic E-state index is 13.2. The van der Waals surface area contributed by atoms with Crippen LogP contribution in [0.1, 0.15) is 20.3 Å². The van der Waals surface area contributed by atoms with E-state index in [-0.39, 0.29) is 6.42 Å². The van der Waals surface area contributed by atoms with Gasteiger partial charge in [0.05, 0.1) is 5.69 Å². The van der Waals surface area contributed by atoms with Crippen molar-refractivity contribution in [2.45, 2.75) is 25.8 Å². The Morgan fingerprint density at radius 3 is 2.47 bits per heavy atom. The van der Waals surface area contributed by atoms with E-state index in [9.17, 15) is 18.0 Å². The number of hydrogen-bond acceptors (Lipinski definition) is 2. The van der Waals surface area contributed by atoms with E-state index in [2.05, 4.69) is 5.32 Å². The van der Waals surface area contributed by atoms with Gasteiger partial charge in [-0.3, -0.25) is 4.79 Å². The van der Waals surface area contributed by atoms with E-state index in [4.69, 9.17) is 5.73 Å². The van der Waals surface area contributed by atoms with Crippen molar-refractivity contribution in [1.29, 1.82) is 0 Å². The Kier molecular flexibility index (Phi) is 3.77. The van der Waals surface area contributed by atoms with Crippen molar-refractivity contribution in [3.05, 3.63) is 29.6 Å². The summed E-state index contributed by atoms with van der Waals surface area (Å²) in [6, 6.07) is 1.11. The van der Waals surface area contributed by atoms with Crippen LogP contribution in [0, 0.1) is 17.5 Å². The van der Waals surface area contributed by atoms with E-state index < -0.39 is 34.6 Å². The average molecular weight is 246 g/mol. The van der Waals surface area contributed by atoms with Gasteiger partial charge in [-0.1, -0.05) is 0 Å². The number of rotatable bonds is 3. The van der Waals surface area contributed by atoms with Crippen LogP contribution in [-0.4, -0.2) is 11.4 Å². The zero-order valence-electron chi connectivity index (χ0n) is 9.48. The molecule has 0 unspecified atom stereocenters. The van der Waals surface area contributed by atoms with Crippen LogP contribution in [0.15, 0.2) is 12.1 Å². The number of halogens is 3. The average Bonchev–Trinajstić information content (AvgIpc) is 2.10. The van der Waals surface area contributed by atoms with E-state index in [1.807, 2.05) is 0 Å². The molecule has 0 fully saturated rings. The lowest BCUT2D eigenvalue weighted by Crippen LogP contribution is -2.36. The second kappa shape index (κ2) is 4.75. The number of nitrogens with one attached hydrogen (secondary N) is 1. The molecule has 0 aliphatic carbocycles. The number of carbonyl (C=O) groups excluding carboxylic acids is 1. The highest BCUT2D eigenvalue weighted by atomic mass is 19.2. The largest absolute Gasteiger partial charge is 0.325 e. The molecule has 1 aromatic carbocycles. The minimum absolute atomic E-state index is 0.0927. The SMILES string of the molecule is CC(C)(N)CC(=O)Nc1cc(F)cc(F)c1F. The summed E-state index contributed by atoms with van der Waals surface area (Å²) in [4.78, 5) is 11.4. The fourth-order valence-electron chi connectivity index (χ4n) is 1.26. The summed E-state index contributed by atoms with van der Waals surface area (Å²) in [6.07, 6.45) is -0.0927. The first kappa shape index (κ1) is 13.5. The molecule has 17 heavy (non-hydrogen) atoms. The lowest BCUT2D eigenvalue weighted by Gasteiger charge is -2.17. The summed E-state index contributed by atoms with van der Waals surface area (Å²) in [5, 5.41) is 2.07. The molecule has 0 aliphatic heterocycles. The molecule has 1 aromatic rings. The predicted octanol–water partition coefficient (Wildman–Crippen LogP) is 2.17. The quantitative estimate of drug-likeness (QED) is 0.803. The molecule has 0 radical (unpaired) electrons. The normalized spacial score (nSPS) is 11.4. The summed E-state index contributed by atoms with van der Waals surface area (Å²) in [5.41, 5.74) is 4.27. The molecule has 1 rings (SSSR count). The molecule has 0 heterocycles. The van der Waals surface area contributed by atoms with E-state index in [0.717, 1.165) is 0 Å². The van der Waals surface area contributed by atoms with Gasteiger partial charge in [-0.05, 0) is 13.8 Å². The predicted molar refractivity (Wildman–Crippen MR) is 57.8 cm³/mol. The summed E-state index contributed by atoms with van der Waals surface area (Å²) in [6.45, 7) is 3.21. The lowest BCUT2D eigenvalue weighted by molar-refractivity contribution is -0.117. The second-order valence-corrected chi connectivity index (χ2v) is 4.46. The number of nitrogens with two attached hydrogens (primary N) is 1. The highest BCUT2D eigenvalue weighted by molar-refractivity contribution is 5.91. The minimum Gasteiger partial charge on any atom is -0.325 e. The van der Waals surface area contributed by atoms with Gasteiger partial charge in [0.25, 0.3) is 0 Å². The lowest BCUT2D eigenvalue weighted by atomic mass is 10.0. The second-order valence-electron chi connectivity index (χ2n) is 4.46. The van der Waals surface area contributed by atoms with Crippen molar-refractivity contribution in [2.24, 2.45) is 5.73 Å². The Labute approximate surface area is 96.8 Å². The van der Waals surface area contributed by atoms with Crippen molar-refractivity contribution >= 4 is 11.6 Å². The van der Waals surface area contributed by atoms with E-state index >= 15 is 0 Å². The number of carbonyl (C=O) groups is 1. The smallest absolute Gasteiger partial charge is 0.226 e. The Hall–Kier alpha value is -1.56. The fraction of sp³-hybridized carbons (Fsp3) is 0.364. The molecular formula is C11H13F3N2O. The topological polar surface area (TPSA) is 55.1 Å². The molecule has 0 saturated heterocycles. The first-order chi connectivity index (χ1) is 7.69. The number of benzene rings is 1. The van der Waals surface area contributed by atoms with Gasteiger partial charge in [-0.15, -0.1) is 0 Å². The third kappa shape index (κ3) is 4.07. The van der Waals surface area contributed by atoms with Crippen molar-refractivity contribution in [1.82, 2.24) is 0 Å². The van der Waals surface area contributed by atoms with Gasteiger partial charge in [0.2, 0.25) is 5.91 Å². The molecule has 94 valence electrons. The first-order valence-electron chi connectivity index (χ1n) is 4.92. The molecule has 0 bridgehead atoms. The molecule has 0 aliphatic rings. The summed E-state index contributed by atoms with van der Waals surface area (Å²) < 4.78 is 38.8. The van der Waals surface area contributed by atoms with Crippen LogP contribution in [0.5, 0.6) is 0 Å². The molecule has 3 N–H and O–H groups in total. The third-order valence-corrected chi connectivity index (χ3v) is 1.88. The number of amides is 1. The Balaban J connectivity index is 2.85. The number of hydrogen-bond donors (Lipinski definition) is 2. The van der Waals surface area contributed by atoms with Crippen LogP contribution in [-0.2, 0) is 4.79 Å². The fourth-order valence-corrected chi connectivity index (χ4v) is 1.26. The van der Waals surface area contributed by atoms with Crippen LogP contribution in [0.3, 0.4) is 0 Å². The molecule has 1 amide bonds. The van der Waals surface area contributed by atoms with Gasteiger partial charge in [0, 0.05) is 24.1 Å². The van der Waals surface area contributed by atoms with E-state index in [0.29, 0.717) is 12.1 Å². The van der Waals surface area contributed by atoms with Crippen LogP contribution in [0.4, 0.5) is 18.9 Å². The zero-order chi connectivity index (χ0) is 13.2. The zero-order valence-corrected chi connectivity index (χ0v) is 9.48. The molecule has 0 spiro atoms. The molecule has 0 aromatic heterocycles. The monoisotopic (exact) mass is 246 g/mol. The van der Waals surface area contributed by atoms with Gasteiger partial charge >= 0.3 is 0 Å². The van der Waals surface area contributed by atoms with Gasteiger partial charge in [0.15, 0.2) is 11.6 Å². The summed E-state index contributed by atoms with van der Waals surface area (Å²) >= 11 is 0. The van der Waals surface area contributed by atoms with Crippen molar-refractivity contribution in [3.63, 3.8) is 0 Å². The van der Waals surface area contributed by atoms with Gasteiger partial charge in [-0.2, -0.15) is 0 Å². The highest BCUT2D eigenvalue weighted by Crippen LogP contribution is 2.19. The third-order valence-electron chi connectivity index (χ3n) is 1.88.